The molecule has 0 amide bonds. The Hall–Kier alpha value is -1.81. The van der Waals surface area contributed by atoms with Gasteiger partial charge in [0.2, 0.25) is 0 Å². The summed E-state index contributed by atoms with van der Waals surface area (Å²) >= 11 is 0. The summed E-state index contributed by atoms with van der Waals surface area (Å²) in [5.41, 5.74) is 3.60. The lowest BCUT2D eigenvalue weighted by Crippen LogP contribution is -2.26. The molecule has 0 unspecified atom stereocenters. The van der Waals surface area contributed by atoms with Crippen molar-refractivity contribution in [3.05, 3.63) is 47.3 Å². The number of nitrogens with zero attached hydrogens (tertiary/aromatic N) is 1. The number of ether oxygens (including phenoxy) is 1. The molecule has 0 aliphatic carbocycles. The van der Waals surface area contributed by atoms with E-state index in [1.165, 1.54) is 11.1 Å². The zero-order chi connectivity index (χ0) is 12.4. The molecule has 1 aromatic heterocycles. The SMILES string of the molecule is Cc1[nH]ncc1CN[C@@H]1CCOc2ccccc21. The molecular weight excluding hydrogens is 226 g/mol. The fourth-order valence-corrected chi connectivity index (χ4v) is 2.34. The molecule has 1 atom stereocenters. The number of aromatic amines is 1. The fraction of sp³-hybridized carbons (Fsp3) is 0.357. The molecule has 2 N–H and O–H groups in total. The minimum absolute atomic E-state index is 0.365. The van der Waals surface area contributed by atoms with E-state index >= 15 is 0 Å². The summed E-state index contributed by atoms with van der Waals surface area (Å²) in [7, 11) is 0. The number of benzene rings is 1. The zero-order valence-corrected chi connectivity index (χ0v) is 10.4. The highest BCUT2D eigenvalue weighted by Gasteiger charge is 2.20. The van der Waals surface area contributed by atoms with Crippen molar-refractivity contribution in [2.24, 2.45) is 0 Å². The van der Waals surface area contributed by atoms with E-state index in [1.54, 1.807) is 0 Å². The summed E-state index contributed by atoms with van der Waals surface area (Å²) in [6.45, 7) is 3.66. The molecule has 18 heavy (non-hydrogen) atoms. The van der Waals surface area contributed by atoms with Crippen molar-refractivity contribution in [3.8, 4) is 5.75 Å². The Bertz CT molecular complexity index is 535. The Morgan fingerprint density at radius 3 is 3.17 bits per heavy atom. The first-order chi connectivity index (χ1) is 8.84. The van der Waals surface area contributed by atoms with Crippen LogP contribution >= 0.6 is 0 Å². The molecule has 0 fully saturated rings. The van der Waals surface area contributed by atoms with Crippen LogP contribution in [0.1, 0.15) is 29.3 Å². The summed E-state index contributed by atoms with van der Waals surface area (Å²) in [5, 5.41) is 10.6. The number of aromatic nitrogens is 2. The highest BCUT2D eigenvalue weighted by atomic mass is 16.5. The molecule has 2 aromatic rings. The quantitative estimate of drug-likeness (QED) is 0.870. The van der Waals surface area contributed by atoms with Crippen molar-refractivity contribution in [2.75, 3.05) is 6.61 Å². The van der Waals surface area contributed by atoms with Gasteiger partial charge in [0.05, 0.1) is 12.8 Å². The van der Waals surface area contributed by atoms with Gasteiger partial charge >= 0.3 is 0 Å². The average Bonchev–Trinajstić information content (AvgIpc) is 2.82. The Morgan fingerprint density at radius 1 is 1.44 bits per heavy atom. The first kappa shape index (κ1) is 11.3. The lowest BCUT2D eigenvalue weighted by molar-refractivity contribution is 0.252. The molecule has 0 saturated heterocycles. The molecule has 1 aliphatic heterocycles. The molecule has 0 bridgehead atoms. The fourth-order valence-electron chi connectivity index (χ4n) is 2.34. The van der Waals surface area contributed by atoms with E-state index in [1.807, 2.05) is 25.3 Å². The number of rotatable bonds is 3. The maximum Gasteiger partial charge on any atom is 0.124 e. The molecule has 0 saturated carbocycles. The van der Waals surface area contributed by atoms with Crippen molar-refractivity contribution in [1.29, 1.82) is 0 Å². The largest absolute Gasteiger partial charge is 0.493 e. The summed E-state index contributed by atoms with van der Waals surface area (Å²) in [4.78, 5) is 0. The molecular formula is C14H17N3O. The maximum atomic E-state index is 5.66. The van der Waals surface area contributed by atoms with Gasteiger partial charge in [-0.3, -0.25) is 5.10 Å². The monoisotopic (exact) mass is 243 g/mol. The standard InChI is InChI=1S/C14H17N3O/c1-10-11(9-16-17-10)8-15-13-6-7-18-14-5-3-2-4-12(13)14/h2-5,9,13,15H,6-8H2,1H3,(H,16,17)/t13-/m1/s1. The van der Waals surface area contributed by atoms with E-state index in [0.29, 0.717) is 6.04 Å². The summed E-state index contributed by atoms with van der Waals surface area (Å²) in [6, 6.07) is 8.61. The van der Waals surface area contributed by atoms with Crippen molar-refractivity contribution in [3.63, 3.8) is 0 Å². The van der Waals surface area contributed by atoms with E-state index in [9.17, 15) is 0 Å². The zero-order valence-electron chi connectivity index (χ0n) is 10.4. The molecule has 2 heterocycles. The number of para-hydroxylation sites is 1. The van der Waals surface area contributed by atoms with E-state index in [0.717, 1.165) is 31.0 Å². The highest BCUT2D eigenvalue weighted by molar-refractivity contribution is 5.37. The number of aryl methyl sites for hydroxylation is 1. The number of fused-ring (bicyclic) bond motifs is 1. The Kier molecular flexibility index (Phi) is 3.02. The number of hydrogen-bond acceptors (Lipinski definition) is 3. The van der Waals surface area contributed by atoms with Crippen LogP contribution in [0.15, 0.2) is 30.5 Å². The van der Waals surface area contributed by atoms with E-state index in [-0.39, 0.29) is 0 Å². The van der Waals surface area contributed by atoms with Gasteiger partial charge in [-0.1, -0.05) is 18.2 Å². The molecule has 3 rings (SSSR count). The van der Waals surface area contributed by atoms with Crippen LogP contribution in [0.5, 0.6) is 5.75 Å². The van der Waals surface area contributed by atoms with Crippen molar-refractivity contribution in [2.45, 2.75) is 25.9 Å². The Labute approximate surface area is 106 Å². The van der Waals surface area contributed by atoms with Gasteiger partial charge in [0, 0.05) is 35.8 Å². The third-order valence-corrected chi connectivity index (χ3v) is 3.43. The van der Waals surface area contributed by atoms with Crippen molar-refractivity contribution >= 4 is 0 Å². The summed E-state index contributed by atoms with van der Waals surface area (Å²) < 4.78 is 5.66. The Morgan fingerprint density at radius 2 is 2.33 bits per heavy atom. The van der Waals surface area contributed by atoms with Crippen LogP contribution in [0.25, 0.3) is 0 Å². The van der Waals surface area contributed by atoms with Crippen LogP contribution in [0, 0.1) is 6.92 Å². The Balaban J connectivity index is 1.73. The number of nitrogens with one attached hydrogen (secondary N) is 2. The van der Waals surface area contributed by atoms with Gasteiger partial charge in [-0.05, 0) is 13.0 Å². The maximum absolute atomic E-state index is 5.66. The van der Waals surface area contributed by atoms with Crippen molar-refractivity contribution < 1.29 is 4.74 Å². The van der Waals surface area contributed by atoms with Crippen LogP contribution in [-0.2, 0) is 6.54 Å². The van der Waals surface area contributed by atoms with Gasteiger partial charge < -0.3 is 10.1 Å². The van der Waals surface area contributed by atoms with Crippen LogP contribution in [-0.4, -0.2) is 16.8 Å². The second kappa shape index (κ2) is 4.82. The minimum atomic E-state index is 0.365. The number of hydrogen-bond donors (Lipinski definition) is 2. The smallest absolute Gasteiger partial charge is 0.124 e. The third kappa shape index (κ3) is 2.11. The van der Waals surface area contributed by atoms with Crippen molar-refractivity contribution in [1.82, 2.24) is 15.5 Å². The second-order valence-corrected chi connectivity index (χ2v) is 4.63. The summed E-state index contributed by atoms with van der Waals surface area (Å²) in [5.74, 6) is 1.00. The third-order valence-electron chi connectivity index (χ3n) is 3.43. The molecule has 4 heteroatoms. The van der Waals surface area contributed by atoms with Gasteiger partial charge in [-0.2, -0.15) is 5.10 Å². The van der Waals surface area contributed by atoms with Gasteiger partial charge in [0.25, 0.3) is 0 Å². The number of H-pyrrole nitrogens is 1. The molecule has 0 radical (unpaired) electrons. The predicted octanol–water partition coefficient (Wildman–Crippen LogP) is 2.33. The lowest BCUT2D eigenvalue weighted by Gasteiger charge is -2.26. The first-order valence-electron chi connectivity index (χ1n) is 6.28. The van der Waals surface area contributed by atoms with Crippen LogP contribution < -0.4 is 10.1 Å². The van der Waals surface area contributed by atoms with Crippen LogP contribution in [0.4, 0.5) is 0 Å². The first-order valence-corrected chi connectivity index (χ1v) is 6.28. The minimum Gasteiger partial charge on any atom is -0.493 e. The normalized spacial score (nSPS) is 18.2. The van der Waals surface area contributed by atoms with E-state index < -0.39 is 0 Å². The van der Waals surface area contributed by atoms with Gasteiger partial charge in [0.1, 0.15) is 5.75 Å². The molecule has 0 spiro atoms. The average molecular weight is 243 g/mol. The second-order valence-electron chi connectivity index (χ2n) is 4.63. The molecule has 94 valence electrons. The highest BCUT2D eigenvalue weighted by Crippen LogP contribution is 2.31. The van der Waals surface area contributed by atoms with Crippen LogP contribution in [0.2, 0.25) is 0 Å². The molecule has 1 aliphatic rings. The van der Waals surface area contributed by atoms with Gasteiger partial charge in [-0.15, -0.1) is 0 Å². The van der Waals surface area contributed by atoms with Crippen LogP contribution in [0.3, 0.4) is 0 Å². The van der Waals surface area contributed by atoms with Gasteiger partial charge in [-0.25, -0.2) is 0 Å². The van der Waals surface area contributed by atoms with E-state index in [4.69, 9.17) is 4.74 Å². The lowest BCUT2D eigenvalue weighted by atomic mass is 10.0. The van der Waals surface area contributed by atoms with Gasteiger partial charge in [0.15, 0.2) is 0 Å². The molecule has 1 aromatic carbocycles. The summed E-state index contributed by atoms with van der Waals surface area (Å²) in [6.07, 6.45) is 2.89. The molecule has 4 nitrogen and oxygen atoms in total. The predicted molar refractivity (Wildman–Crippen MR) is 69.5 cm³/mol. The van der Waals surface area contributed by atoms with E-state index in [2.05, 4.69) is 27.6 Å². The topological polar surface area (TPSA) is 49.9 Å².